The number of Topliss-reactive ketones (excluding diaryl/α,β-unsaturated/α-hetero) is 1. The Balaban J connectivity index is 2.08. The van der Waals surface area contributed by atoms with E-state index in [4.69, 9.17) is 0 Å². The number of amides is 1. The van der Waals surface area contributed by atoms with Crippen molar-refractivity contribution in [2.75, 3.05) is 5.32 Å². The Bertz CT molecular complexity index is 665. The van der Waals surface area contributed by atoms with Crippen molar-refractivity contribution in [3.05, 3.63) is 40.5 Å². The van der Waals surface area contributed by atoms with Gasteiger partial charge in [0.1, 0.15) is 5.00 Å². The number of hydrogen-bond donors (Lipinski definition) is 2. The van der Waals surface area contributed by atoms with E-state index < -0.39 is 0 Å². The van der Waals surface area contributed by atoms with Crippen molar-refractivity contribution < 1.29 is 9.59 Å². The van der Waals surface area contributed by atoms with Gasteiger partial charge in [-0.2, -0.15) is 0 Å². The second-order valence-electron chi connectivity index (χ2n) is 4.05. The number of nitrogens with one attached hydrogen (secondary N) is 2. The summed E-state index contributed by atoms with van der Waals surface area (Å²) < 4.78 is 0. The number of ketones is 1. The number of thiophene rings is 1. The summed E-state index contributed by atoms with van der Waals surface area (Å²) in [4.78, 5) is 26.8. The lowest BCUT2D eigenvalue weighted by Crippen LogP contribution is -2.04. The van der Waals surface area contributed by atoms with Crippen molar-refractivity contribution in [2.45, 2.75) is 6.92 Å². The minimum absolute atomic E-state index is 0.0165. The fourth-order valence-corrected chi connectivity index (χ4v) is 2.85. The smallest absolute Gasteiger partial charge is 0.257 e. The van der Waals surface area contributed by atoms with Crippen LogP contribution < -0.4 is 5.32 Å². The van der Waals surface area contributed by atoms with Crippen molar-refractivity contribution in [1.29, 1.82) is 0 Å². The molecule has 0 spiro atoms. The van der Waals surface area contributed by atoms with E-state index in [1.165, 1.54) is 18.3 Å². The first-order valence-corrected chi connectivity index (χ1v) is 6.28. The van der Waals surface area contributed by atoms with Crippen molar-refractivity contribution in [2.24, 2.45) is 0 Å². The second kappa shape index (κ2) is 3.96. The van der Waals surface area contributed by atoms with Crippen LogP contribution >= 0.6 is 11.3 Å². The van der Waals surface area contributed by atoms with Gasteiger partial charge >= 0.3 is 0 Å². The molecule has 1 amide bonds. The van der Waals surface area contributed by atoms with Gasteiger partial charge in [-0.1, -0.05) is 0 Å². The number of aromatic amines is 1. The molecule has 0 unspecified atom stereocenters. The topological polar surface area (TPSA) is 62.0 Å². The molecular weight excluding hydrogens is 248 g/mol. The molecule has 0 aromatic carbocycles. The van der Waals surface area contributed by atoms with Gasteiger partial charge in [-0.3, -0.25) is 9.59 Å². The molecule has 3 heterocycles. The molecule has 0 saturated heterocycles. The van der Waals surface area contributed by atoms with E-state index in [-0.39, 0.29) is 11.7 Å². The van der Waals surface area contributed by atoms with Crippen molar-refractivity contribution in [3.63, 3.8) is 0 Å². The van der Waals surface area contributed by atoms with Gasteiger partial charge in [0.2, 0.25) is 0 Å². The zero-order valence-electron chi connectivity index (χ0n) is 9.61. The summed E-state index contributed by atoms with van der Waals surface area (Å²) in [7, 11) is 0. The molecule has 90 valence electrons. The van der Waals surface area contributed by atoms with Gasteiger partial charge in [-0.15, -0.1) is 11.3 Å². The van der Waals surface area contributed by atoms with Crippen LogP contribution in [0.5, 0.6) is 0 Å². The Hall–Kier alpha value is -2.14. The van der Waals surface area contributed by atoms with Gasteiger partial charge in [-0.25, -0.2) is 0 Å². The largest absolute Gasteiger partial charge is 0.362 e. The fraction of sp³-hybridized carbons (Fsp3) is 0.0769. The van der Waals surface area contributed by atoms with Crippen molar-refractivity contribution in [3.8, 4) is 0 Å². The Morgan fingerprint density at radius 3 is 2.94 bits per heavy atom. The highest BCUT2D eigenvalue weighted by atomic mass is 32.1. The van der Waals surface area contributed by atoms with E-state index in [0.29, 0.717) is 10.5 Å². The Morgan fingerprint density at radius 1 is 1.44 bits per heavy atom. The van der Waals surface area contributed by atoms with E-state index in [2.05, 4.69) is 10.3 Å². The maximum absolute atomic E-state index is 11.8. The van der Waals surface area contributed by atoms with Crippen molar-refractivity contribution in [1.82, 2.24) is 4.98 Å². The summed E-state index contributed by atoms with van der Waals surface area (Å²) in [6.07, 6.45) is 3.59. The zero-order chi connectivity index (χ0) is 12.7. The van der Waals surface area contributed by atoms with Crippen LogP contribution in [-0.2, 0) is 4.79 Å². The molecule has 4 nitrogen and oxygen atoms in total. The normalized spacial score (nSPS) is 15.8. The van der Waals surface area contributed by atoms with Gasteiger partial charge in [0.25, 0.3) is 5.91 Å². The second-order valence-corrected chi connectivity index (χ2v) is 5.10. The molecule has 0 aliphatic carbocycles. The van der Waals surface area contributed by atoms with Crippen LogP contribution in [0.4, 0.5) is 5.00 Å². The summed E-state index contributed by atoms with van der Waals surface area (Å²) in [5.41, 5.74) is 2.27. The zero-order valence-corrected chi connectivity index (χ0v) is 10.4. The van der Waals surface area contributed by atoms with E-state index in [9.17, 15) is 9.59 Å². The first-order chi connectivity index (χ1) is 8.65. The number of aromatic nitrogens is 1. The SMILES string of the molecule is CC(=O)c1cc2c(s1)NC(=O)/C2=C\c1ccc[nH]1. The van der Waals surface area contributed by atoms with Crippen LogP contribution in [0.1, 0.15) is 27.9 Å². The summed E-state index contributed by atoms with van der Waals surface area (Å²) in [6.45, 7) is 1.52. The maximum atomic E-state index is 11.8. The molecule has 0 saturated carbocycles. The number of H-pyrrole nitrogens is 1. The first-order valence-electron chi connectivity index (χ1n) is 5.47. The number of hydrogen-bond acceptors (Lipinski definition) is 3. The fourth-order valence-electron chi connectivity index (χ4n) is 1.88. The van der Waals surface area contributed by atoms with Crippen LogP contribution in [0.25, 0.3) is 11.6 Å². The predicted octanol–water partition coefficient (Wildman–Crippen LogP) is 2.77. The summed E-state index contributed by atoms with van der Waals surface area (Å²) in [5.74, 6) is -0.108. The molecule has 0 radical (unpaired) electrons. The van der Waals surface area contributed by atoms with Gasteiger partial charge in [-0.05, 0) is 31.2 Å². The summed E-state index contributed by atoms with van der Waals surface area (Å²) in [6, 6.07) is 5.53. The number of rotatable bonds is 2. The molecule has 1 aliphatic heterocycles. The average Bonchev–Trinajstić information content (AvgIpc) is 2.98. The molecule has 2 N–H and O–H groups in total. The number of anilines is 1. The van der Waals surface area contributed by atoms with Crippen LogP contribution in [-0.4, -0.2) is 16.7 Å². The summed E-state index contributed by atoms with van der Waals surface area (Å²) >= 11 is 1.32. The molecule has 18 heavy (non-hydrogen) atoms. The van der Waals surface area contributed by atoms with E-state index in [1.54, 1.807) is 18.3 Å². The van der Waals surface area contributed by atoms with Gasteiger partial charge in [0.15, 0.2) is 5.78 Å². The third kappa shape index (κ3) is 1.69. The lowest BCUT2D eigenvalue weighted by molar-refractivity contribution is -0.110. The minimum Gasteiger partial charge on any atom is -0.362 e. The first kappa shape index (κ1) is 11.0. The molecule has 2 aromatic heterocycles. The molecule has 0 fully saturated rings. The highest BCUT2D eigenvalue weighted by Gasteiger charge is 2.27. The Labute approximate surface area is 107 Å². The highest BCUT2D eigenvalue weighted by Crippen LogP contribution is 2.39. The van der Waals surface area contributed by atoms with Gasteiger partial charge in [0.05, 0.1) is 10.5 Å². The lowest BCUT2D eigenvalue weighted by Gasteiger charge is -1.95. The number of carbonyl (C=O) groups excluding carboxylic acids is 2. The van der Waals surface area contributed by atoms with E-state index in [0.717, 1.165) is 16.3 Å². The molecule has 5 heteroatoms. The van der Waals surface area contributed by atoms with Gasteiger partial charge < -0.3 is 10.3 Å². The van der Waals surface area contributed by atoms with Crippen molar-refractivity contribution >= 4 is 39.7 Å². The van der Waals surface area contributed by atoms with Crippen LogP contribution in [0.15, 0.2) is 24.4 Å². The molecule has 3 rings (SSSR count). The van der Waals surface area contributed by atoms with Crippen LogP contribution in [0, 0.1) is 0 Å². The number of fused-ring (bicyclic) bond motifs is 1. The standard InChI is InChI=1S/C13H10N2O2S/c1-7(16)11-6-10-9(5-8-3-2-4-14-8)12(17)15-13(10)18-11/h2-6,14H,1H3,(H,15,17)/b9-5-. The van der Waals surface area contributed by atoms with E-state index in [1.807, 2.05) is 12.1 Å². The summed E-state index contributed by atoms with van der Waals surface area (Å²) in [5, 5.41) is 3.53. The highest BCUT2D eigenvalue weighted by molar-refractivity contribution is 7.18. The quantitative estimate of drug-likeness (QED) is 0.642. The van der Waals surface area contributed by atoms with Gasteiger partial charge in [0, 0.05) is 17.5 Å². The third-order valence-corrected chi connectivity index (χ3v) is 3.91. The Morgan fingerprint density at radius 2 is 2.28 bits per heavy atom. The maximum Gasteiger partial charge on any atom is 0.257 e. The molecular formula is C13H10N2O2S. The predicted molar refractivity (Wildman–Crippen MR) is 71.6 cm³/mol. The lowest BCUT2D eigenvalue weighted by atomic mass is 10.1. The average molecular weight is 258 g/mol. The minimum atomic E-state index is -0.124. The molecule has 2 aromatic rings. The van der Waals surface area contributed by atoms with Crippen LogP contribution in [0.3, 0.4) is 0 Å². The molecule has 0 atom stereocenters. The van der Waals surface area contributed by atoms with E-state index >= 15 is 0 Å². The molecule has 0 bridgehead atoms. The van der Waals surface area contributed by atoms with Crippen LogP contribution in [0.2, 0.25) is 0 Å². The monoisotopic (exact) mass is 258 g/mol. The third-order valence-electron chi connectivity index (χ3n) is 2.76. The number of carbonyl (C=O) groups is 2. The molecule has 1 aliphatic rings. The Kier molecular flexibility index (Phi) is 2.41.